The topological polar surface area (TPSA) is 20.3 Å². The molecule has 1 aliphatic rings. The lowest BCUT2D eigenvalue weighted by Gasteiger charge is -2.35. The van der Waals surface area contributed by atoms with Gasteiger partial charge in [-0.15, -0.1) is 0 Å². The Morgan fingerprint density at radius 1 is 1.89 bits per heavy atom. The Kier molecular flexibility index (Phi) is 1.31. The van der Waals surface area contributed by atoms with Crippen LogP contribution in [0.25, 0.3) is 0 Å². The normalized spacial score (nSPS) is 25.8. The van der Waals surface area contributed by atoms with Crippen molar-refractivity contribution in [3.63, 3.8) is 0 Å². The second kappa shape index (κ2) is 1.87. The van der Waals surface area contributed by atoms with Crippen LogP contribution in [0.1, 0.15) is 6.92 Å². The van der Waals surface area contributed by atoms with E-state index in [1.54, 1.807) is 4.90 Å². The number of amides is 1. The van der Waals surface area contributed by atoms with Gasteiger partial charge in [0, 0.05) is 13.6 Å². The maximum Gasteiger partial charge on any atom is 0.231 e. The van der Waals surface area contributed by atoms with Crippen LogP contribution in [0.3, 0.4) is 0 Å². The van der Waals surface area contributed by atoms with E-state index in [0.717, 1.165) is 12.1 Å². The van der Waals surface area contributed by atoms with E-state index in [9.17, 15) is 4.79 Å². The highest BCUT2D eigenvalue weighted by atomic mass is 16.2. The number of likely N-dealkylation sites (tertiary alicyclic amines) is 1. The lowest BCUT2D eigenvalue weighted by atomic mass is 9.93. The minimum absolute atomic E-state index is 0.120. The smallest absolute Gasteiger partial charge is 0.231 e. The molecule has 1 rings (SSSR count). The SMILES string of the molecule is C=C(C)C1CN(C)C1=O. The molecule has 2 nitrogen and oxygen atoms in total. The number of carbonyl (C=O) groups excluding carboxylic acids is 1. The van der Waals surface area contributed by atoms with E-state index in [2.05, 4.69) is 6.58 Å². The second-order valence-corrected chi connectivity index (χ2v) is 2.62. The minimum atomic E-state index is 0.120. The van der Waals surface area contributed by atoms with E-state index in [0.29, 0.717) is 0 Å². The maximum atomic E-state index is 10.9. The molecule has 1 atom stereocenters. The van der Waals surface area contributed by atoms with Gasteiger partial charge in [0.05, 0.1) is 5.92 Å². The van der Waals surface area contributed by atoms with Crippen molar-refractivity contribution >= 4 is 5.91 Å². The van der Waals surface area contributed by atoms with Crippen LogP contribution in [0.15, 0.2) is 12.2 Å². The molecule has 0 aliphatic carbocycles. The van der Waals surface area contributed by atoms with Gasteiger partial charge in [0.2, 0.25) is 5.91 Å². The molecule has 1 amide bonds. The lowest BCUT2D eigenvalue weighted by molar-refractivity contribution is -0.143. The van der Waals surface area contributed by atoms with Crippen molar-refractivity contribution in [1.29, 1.82) is 0 Å². The molecule has 1 saturated heterocycles. The lowest BCUT2D eigenvalue weighted by Crippen LogP contribution is -2.50. The first-order valence-electron chi connectivity index (χ1n) is 3.03. The van der Waals surface area contributed by atoms with Crippen LogP contribution in [0.4, 0.5) is 0 Å². The Hall–Kier alpha value is -0.790. The predicted octanol–water partition coefficient (Wildman–Crippen LogP) is 0.651. The van der Waals surface area contributed by atoms with Crippen molar-refractivity contribution in [2.75, 3.05) is 13.6 Å². The molecule has 0 spiro atoms. The summed E-state index contributed by atoms with van der Waals surface area (Å²) in [6.07, 6.45) is 0. The highest BCUT2D eigenvalue weighted by Gasteiger charge is 2.33. The van der Waals surface area contributed by atoms with Gasteiger partial charge in [-0.1, -0.05) is 12.2 Å². The summed E-state index contributed by atoms with van der Waals surface area (Å²) in [4.78, 5) is 12.6. The van der Waals surface area contributed by atoms with E-state index in [-0.39, 0.29) is 11.8 Å². The van der Waals surface area contributed by atoms with Crippen molar-refractivity contribution in [1.82, 2.24) is 4.90 Å². The fourth-order valence-electron chi connectivity index (χ4n) is 0.962. The molecule has 1 heterocycles. The summed E-state index contributed by atoms with van der Waals surface area (Å²) in [5.41, 5.74) is 0.984. The molecule has 0 saturated carbocycles. The van der Waals surface area contributed by atoms with Gasteiger partial charge in [0.1, 0.15) is 0 Å². The van der Waals surface area contributed by atoms with Crippen LogP contribution < -0.4 is 0 Å². The molecular formula is C7H11NO. The minimum Gasteiger partial charge on any atom is -0.344 e. The standard InChI is InChI=1S/C7H11NO/c1-5(2)6-4-8(3)7(6)9/h6H,1,4H2,2-3H3. The van der Waals surface area contributed by atoms with Crippen molar-refractivity contribution in [3.8, 4) is 0 Å². The first kappa shape index (κ1) is 6.33. The number of β-lactam (4-membered cyclic amide) rings is 1. The average Bonchev–Trinajstić information content (AvgIpc) is 1.81. The molecule has 0 aromatic carbocycles. The predicted molar refractivity (Wildman–Crippen MR) is 35.9 cm³/mol. The maximum absolute atomic E-state index is 10.9. The molecule has 9 heavy (non-hydrogen) atoms. The molecular weight excluding hydrogens is 114 g/mol. The second-order valence-electron chi connectivity index (χ2n) is 2.62. The molecule has 1 aliphatic heterocycles. The average molecular weight is 125 g/mol. The van der Waals surface area contributed by atoms with Crippen LogP contribution in [0.5, 0.6) is 0 Å². The van der Waals surface area contributed by atoms with Gasteiger partial charge in [-0.2, -0.15) is 0 Å². The van der Waals surface area contributed by atoms with Crippen LogP contribution in [0, 0.1) is 5.92 Å². The summed E-state index contributed by atoms with van der Waals surface area (Å²) in [6.45, 7) is 6.47. The Morgan fingerprint density at radius 2 is 2.44 bits per heavy atom. The summed E-state index contributed by atoms with van der Waals surface area (Å²) in [5.74, 6) is 0.331. The molecule has 0 radical (unpaired) electrons. The summed E-state index contributed by atoms with van der Waals surface area (Å²) >= 11 is 0. The van der Waals surface area contributed by atoms with Crippen molar-refractivity contribution in [2.24, 2.45) is 5.92 Å². The Labute approximate surface area is 55.2 Å². The molecule has 0 aromatic rings. The van der Waals surface area contributed by atoms with Gasteiger partial charge in [0.15, 0.2) is 0 Å². The van der Waals surface area contributed by atoms with Crippen molar-refractivity contribution < 1.29 is 4.79 Å². The monoisotopic (exact) mass is 125 g/mol. The molecule has 1 fully saturated rings. The fraction of sp³-hybridized carbons (Fsp3) is 0.571. The zero-order valence-electron chi connectivity index (χ0n) is 5.85. The van der Waals surface area contributed by atoms with Crippen LogP contribution in [-0.4, -0.2) is 24.4 Å². The van der Waals surface area contributed by atoms with Crippen molar-refractivity contribution in [3.05, 3.63) is 12.2 Å². The van der Waals surface area contributed by atoms with Gasteiger partial charge < -0.3 is 4.90 Å². The number of rotatable bonds is 1. The van der Waals surface area contributed by atoms with Gasteiger partial charge in [-0.3, -0.25) is 4.79 Å². The van der Waals surface area contributed by atoms with Gasteiger partial charge in [0.25, 0.3) is 0 Å². The molecule has 0 aromatic heterocycles. The number of hydrogen-bond acceptors (Lipinski definition) is 1. The largest absolute Gasteiger partial charge is 0.344 e. The van der Waals surface area contributed by atoms with Gasteiger partial charge >= 0.3 is 0 Å². The van der Waals surface area contributed by atoms with Gasteiger partial charge in [-0.05, 0) is 6.92 Å². The Morgan fingerprint density at radius 3 is 2.56 bits per heavy atom. The third-order valence-electron chi connectivity index (χ3n) is 1.73. The Bertz CT molecular complexity index is 162. The number of hydrogen-bond donors (Lipinski definition) is 0. The van der Waals surface area contributed by atoms with Crippen LogP contribution in [-0.2, 0) is 4.79 Å². The highest BCUT2D eigenvalue weighted by Crippen LogP contribution is 2.21. The quantitative estimate of drug-likeness (QED) is 0.372. The van der Waals surface area contributed by atoms with Gasteiger partial charge in [-0.25, -0.2) is 0 Å². The molecule has 1 unspecified atom stereocenters. The molecule has 0 bridgehead atoms. The first-order valence-corrected chi connectivity index (χ1v) is 3.03. The fourth-order valence-corrected chi connectivity index (χ4v) is 0.962. The number of carbonyl (C=O) groups is 1. The first-order chi connectivity index (χ1) is 4.13. The van der Waals surface area contributed by atoms with E-state index in [1.807, 2.05) is 14.0 Å². The molecule has 2 heteroatoms. The third kappa shape index (κ3) is 0.846. The van der Waals surface area contributed by atoms with Crippen molar-refractivity contribution in [2.45, 2.75) is 6.92 Å². The summed E-state index contributed by atoms with van der Waals surface area (Å²) < 4.78 is 0. The van der Waals surface area contributed by atoms with Crippen LogP contribution >= 0.6 is 0 Å². The summed E-state index contributed by atoms with van der Waals surface area (Å²) in [7, 11) is 1.81. The molecule has 0 N–H and O–H groups in total. The molecule has 50 valence electrons. The van der Waals surface area contributed by atoms with E-state index < -0.39 is 0 Å². The highest BCUT2D eigenvalue weighted by molar-refractivity contribution is 5.86. The zero-order chi connectivity index (χ0) is 7.02. The third-order valence-corrected chi connectivity index (χ3v) is 1.73. The van der Waals surface area contributed by atoms with E-state index >= 15 is 0 Å². The van der Waals surface area contributed by atoms with Crippen LogP contribution in [0.2, 0.25) is 0 Å². The zero-order valence-corrected chi connectivity index (χ0v) is 5.85. The Balaban J connectivity index is 2.52. The number of nitrogens with zero attached hydrogens (tertiary/aromatic N) is 1. The summed E-state index contributed by atoms with van der Waals surface area (Å²) in [5, 5.41) is 0. The van der Waals surface area contributed by atoms with E-state index in [4.69, 9.17) is 0 Å². The summed E-state index contributed by atoms with van der Waals surface area (Å²) in [6, 6.07) is 0. The van der Waals surface area contributed by atoms with E-state index in [1.165, 1.54) is 0 Å².